The molecule has 8 aromatic carbocycles. The minimum Gasteiger partial charge on any atom is -0.449 e. The molecule has 1 unspecified atom stereocenters. The monoisotopic (exact) mass is 697 g/mol. The molecule has 0 spiro atoms. The van der Waals surface area contributed by atoms with Crippen LogP contribution in [-0.2, 0) is 5.41 Å². The van der Waals surface area contributed by atoms with Gasteiger partial charge in [-0.3, -0.25) is 0 Å². The molecule has 2 heterocycles. The molecule has 1 atom stereocenters. The van der Waals surface area contributed by atoms with Crippen LogP contribution in [-0.4, -0.2) is 0 Å². The highest BCUT2D eigenvalue weighted by molar-refractivity contribution is 7.25. The highest BCUT2D eigenvalue weighted by Gasteiger charge is 2.48. The molecule has 4 heteroatoms. The molecule has 0 amide bonds. The van der Waals surface area contributed by atoms with Gasteiger partial charge in [0.05, 0.1) is 5.41 Å². The van der Waals surface area contributed by atoms with Crippen molar-refractivity contribution in [1.82, 2.24) is 0 Å². The zero-order valence-corrected chi connectivity index (χ0v) is 29.4. The SMILES string of the molecule is c1ccc(N(c2ccccc2)c2ccc3c(c2)sc2cc(C4(c5ccccc5)c5ccccc5-c5c4ccc4c5Oc5ccccc5O4)ccc23)cc1. The number of ether oxygens (including phenoxy) is 2. The maximum atomic E-state index is 6.72. The van der Waals surface area contributed by atoms with Crippen molar-refractivity contribution in [2.24, 2.45) is 0 Å². The highest BCUT2D eigenvalue weighted by Crippen LogP contribution is 2.62. The summed E-state index contributed by atoms with van der Waals surface area (Å²) in [6.45, 7) is 0. The van der Waals surface area contributed by atoms with Gasteiger partial charge in [-0.15, -0.1) is 11.3 Å². The molecule has 0 radical (unpaired) electrons. The lowest BCUT2D eigenvalue weighted by atomic mass is 9.67. The van der Waals surface area contributed by atoms with Crippen molar-refractivity contribution in [3.8, 4) is 34.1 Å². The third-order valence-electron chi connectivity index (χ3n) is 10.8. The van der Waals surface area contributed by atoms with E-state index in [9.17, 15) is 0 Å². The quantitative estimate of drug-likeness (QED) is 0.179. The molecule has 0 fully saturated rings. The van der Waals surface area contributed by atoms with Gasteiger partial charge in [-0.05, 0) is 88.5 Å². The maximum Gasteiger partial charge on any atom is 0.178 e. The van der Waals surface area contributed by atoms with Crippen molar-refractivity contribution in [2.75, 3.05) is 4.90 Å². The second kappa shape index (κ2) is 11.7. The Morgan fingerprint density at radius 1 is 0.415 bits per heavy atom. The van der Waals surface area contributed by atoms with Gasteiger partial charge in [0.1, 0.15) is 0 Å². The Morgan fingerprint density at radius 2 is 1.02 bits per heavy atom. The Hall–Kier alpha value is -6.62. The van der Waals surface area contributed by atoms with Crippen LogP contribution in [0.25, 0.3) is 31.3 Å². The molecule has 250 valence electrons. The number of hydrogen-bond acceptors (Lipinski definition) is 4. The molecular formula is C49H31NO2S. The van der Waals surface area contributed by atoms with Gasteiger partial charge in [0, 0.05) is 42.8 Å². The van der Waals surface area contributed by atoms with Crippen LogP contribution in [0.1, 0.15) is 22.3 Å². The number of fused-ring (bicyclic) bond motifs is 9. The van der Waals surface area contributed by atoms with Gasteiger partial charge in [0.25, 0.3) is 0 Å². The van der Waals surface area contributed by atoms with Gasteiger partial charge >= 0.3 is 0 Å². The summed E-state index contributed by atoms with van der Waals surface area (Å²) in [5, 5.41) is 2.53. The van der Waals surface area contributed by atoms with Crippen molar-refractivity contribution in [3.63, 3.8) is 0 Å². The predicted octanol–water partition coefficient (Wildman–Crippen LogP) is 13.8. The molecule has 3 nitrogen and oxygen atoms in total. The number of nitrogens with zero attached hydrogens (tertiary/aromatic N) is 1. The summed E-state index contributed by atoms with van der Waals surface area (Å²) in [6.07, 6.45) is 0. The van der Waals surface area contributed by atoms with E-state index in [-0.39, 0.29) is 0 Å². The number of rotatable bonds is 5. The average Bonchev–Trinajstić information content (AvgIpc) is 3.74. The van der Waals surface area contributed by atoms with E-state index >= 15 is 0 Å². The zero-order valence-electron chi connectivity index (χ0n) is 28.6. The fourth-order valence-electron chi connectivity index (χ4n) is 8.56. The van der Waals surface area contributed by atoms with Crippen LogP contribution in [0.15, 0.2) is 188 Å². The lowest BCUT2D eigenvalue weighted by molar-refractivity contribution is 0.360. The predicted molar refractivity (Wildman–Crippen MR) is 218 cm³/mol. The van der Waals surface area contributed by atoms with E-state index in [4.69, 9.17) is 9.47 Å². The summed E-state index contributed by atoms with van der Waals surface area (Å²) < 4.78 is 15.7. The van der Waals surface area contributed by atoms with E-state index in [2.05, 4.69) is 169 Å². The minimum absolute atomic E-state index is 0.574. The van der Waals surface area contributed by atoms with Crippen LogP contribution in [0.5, 0.6) is 23.0 Å². The average molecular weight is 698 g/mol. The zero-order chi connectivity index (χ0) is 34.9. The van der Waals surface area contributed by atoms with Crippen molar-refractivity contribution < 1.29 is 9.47 Å². The Labute approximate surface area is 311 Å². The van der Waals surface area contributed by atoms with Crippen LogP contribution in [0, 0.1) is 0 Å². The first kappa shape index (κ1) is 30.0. The Balaban J connectivity index is 1.12. The summed E-state index contributed by atoms with van der Waals surface area (Å²) in [6, 6.07) is 67.1. The highest BCUT2D eigenvalue weighted by atomic mass is 32.1. The standard InChI is InChI=1S/C49H31NO2S/c1-4-14-32(15-5-1)49(40-21-11-10-20-39(40)47-41(49)28-29-44-48(47)52-43-23-13-12-22-42(43)51-44)33-24-26-37-38-27-25-36(31-46(38)53-45(37)30-33)50(34-16-6-2-7-17-34)35-18-8-3-9-19-35/h1-31H. The van der Waals surface area contributed by atoms with Gasteiger partial charge in [-0.2, -0.15) is 0 Å². The smallest absolute Gasteiger partial charge is 0.178 e. The van der Waals surface area contributed by atoms with E-state index < -0.39 is 5.41 Å². The molecule has 9 aromatic rings. The minimum atomic E-state index is -0.574. The normalized spacial score (nSPS) is 15.2. The fraction of sp³-hybridized carbons (Fsp3) is 0.0204. The third-order valence-corrected chi connectivity index (χ3v) is 11.9. The molecule has 2 aliphatic rings. The molecule has 1 aliphatic heterocycles. The first-order chi connectivity index (χ1) is 26.3. The van der Waals surface area contributed by atoms with E-state index in [0.29, 0.717) is 0 Å². The summed E-state index contributed by atoms with van der Waals surface area (Å²) in [7, 11) is 0. The van der Waals surface area contributed by atoms with Gasteiger partial charge in [0.15, 0.2) is 23.0 Å². The van der Waals surface area contributed by atoms with Gasteiger partial charge in [0.2, 0.25) is 0 Å². The van der Waals surface area contributed by atoms with Crippen LogP contribution in [0.3, 0.4) is 0 Å². The van der Waals surface area contributed by atoms with E-state index in [1.54, 1.807) is 0 Å². The van der Waals surface area contributed by atoms with Crippen molar-refractivity contribution in [2.45, 2.75) is 5.41 Å². The summed E-state index contributed by atoms with van der Waals surface area (Å²) >= 11 is 1.86. The number of hydrogen-bond donors (Lipinski definition) is 0. The van der Waals surface area contributed by atoms with Gasteiger partial charge < -0.3 is 14.4 Å². The molecule has 0 saturated heterocycles. The lowest BCUT2D eigenvalue weighted by Gasteiger charge is -2.34. The van der Waals surface area contributed by atoms with Crippen LogP contribution in [0.2, 0.25) is 0 Å². The van der Waals surface area contributed by atoms with E-state index in [0.717, 1.165) is 51.2 Å². The third kappa shape index (κ3) is 4.46. The molecule has 0 saturated carbocycles. The summed E-state index contributed by atoms with van der Waals surface area (Å²) in [5.74, 6) is 2.96. The van der Waals surface area contributed by atoms with Gasteiger partial charge in [-0.1, -0.05) is 127 Å². The Kier molecular flexibility index (Phi) is 6.64. The Morgan fingerprint density at radius 3 is 1.75 bits per heavy atom. The van der Waals surface area contributed by atoms with Crippen molar-refractivity contribution in [3.05, 3.63) is 210 Å². The number of para-hydroxylation sites is 4. The van der Waals surface area contributed by atoms with E-state index in [1.165, 1.54) is 42.4 Å². The molecular weight excluding hydrogens is 667 g/mol. The fourth-order valence-corrected chi connectivity index (χ4v) is 9.74. The summed E-state index contributed by atoms with van der Waals surface area (Å²) in [4.78, 5) is 2.33. The number of thiophene rings is 1. The summed E-state index contributed by atoms with van der Waals surface area (Å²) in [5.41, 5.74) is 9.93. The number of anilines is 3. The largest absolute Gasteiger partial charge is 0.449 e. The molecule has 1 aromatic heterocycles. The Bertz CT molecular complexity index is 2810. The van der Waals surface area contributed by atoms with E-state index in [1.807, 2.05) is 35.6 Å². The van der Waals surface area contributed by atoms with Gasteiger partial charge in [-0.25, -0.2) is 0 Å². The van der Waals surface area contributed by atoms with Crippen LogP contribution < -0.4 is 14.4 Å². The second-order valence-corrected chi connectivity index (χ2v) is 14.7. The first-order valence-corrected chi connectivity index (χ1v) is 18.7. The molecule has 0 N–H and O–H groups in total. The molecule has 11 rings (SSSR count). The molecule has 1 aliphatic carbocycles. The topological polar surface area (TPSA) is 21.7 Å². The van der Waals surface area contributed by atoms with Crippen molar-refractivity contribution >= 4 is 48.6 Å². The van der Waals surface area contributed by atoms with Crippen molar-refractivity contribution in [1.29, 1.82) is 0 Å². The number of benzene rings is 8. The second-order valence-electron chi connectivity index (χ2n) is 13.6. The first-order valence-electron chi connectivity index (χ1n) is 17.9. The lowest BCUT2D eigenvalue weighted by Crippen LogP contribution is -2.28. The van der Waals surface area contributed by atoms with Crippen LogP contribution in [0.4, 0.5) is 17.1 Å². The molecule has 0 bridgehead atoms. The maximum absolute atomic E-state index is 6.72. The van der Waals surface area contributed by atoms with Crippen LogP contribution >= 0.6 is 11.3 Å². The molecule has 53 heavy (non-hydrogen) atoms.